The largest absolute Gasteiger partial charge is 0.326 e. The molecular formula is C21H26N2O3S. The van der Waals surface area contributed by atoms with Crippen LogP contribution in [0.15, 0.2) is 53.4 Å². The van der Waals surface area contributed by atoms with E-state index in [0.29, 0.717) is 18.8 Å². The van der Waals surface area contributed by atoms with Crippen molar-refractivity contribution in [2.75, 3.05) is 18.4 Å². The van der Waals surface area contributed by atoms with Gasteiger partial charge in [0.15, 0.2) is 0 Å². The number of carbonyl (C=O) groups is 1. The molecule has 3 rings (SSSR count). The van der Waals surface area contributed by atoms with Gasteiger partial charge >= 0.3 is 0 Å². The molecule has 5 nitrogen and oxygen atoms in total. The number of rotatable bonds is 6. The van der Waals surface area contributed by atoms with Crippen LogP contribution in [0.4, 0.5) is 5.69 Å². The molecule has 1 atom stereocenters. The van der Waals surface area contributed by atoms with Crippen LogP contribution < -0.4 is 5.32 Å². The molecule has 1 aliphatic rings. The summed E-state index contributed by atoms with van der Waals surface area (Å²) in [5.74, 6) is -0.199. The third kappa shape index (κ3) is 4.06. The lowest BCUT2D eigenvalue weighted by atomic mass is 9.82. The lowest BCUT2D eigenvalue weighted by Crippen LogP contribution is -2.30. The fraction of sp³-hybridized carbons (Fsp3) is 0.381. The zero-order chi connectivity index (χ0) is 19.4. The van der Waals surface area contributed by atoms with Crippen molar-refractivity contribution >= 4 is 21.6 Å². The predicted molar refractivity (Wildman–Crippen MR) is 107 cm³/mol. The van der Waals surface area contributed by atoms with E-state index in [1.54, 1.807) is 24.3 Å². The second-order valence-electron chi connectivity index (χ2n) is 6.75. The second kappa shape index (κ2) is 8.23. The highest BCUT2D eigenvalue weighted by atomic mass is 32.2. The normalized spacial score (nSPS) is 16.8. The van der Waals surface area contributed by atoms with E-state index in [1.807, 2.05) is 32.0 Å². The van der Waals surface area contributed by atoms with E-state index in [1.165, 1.54) is 9.87 Å². The van der Waals surface area contributed by atoms with Crippen molar-refractivity contribution in [1.29, 1.82) is 0 Å². The van der Waals surface area contributed by atoms with Gasteiger partial charge in [-0.25, -0.2) is 8.42 Å². The summed E-state index contributed by atoms with van der Waals surface area (Å²) in [5, 5.41) is 2.94. The first-order valence-corrected chi connectivity index (χ1v) is 10.9. The number of carbonyl (C=O) groups excluding carboxylic acids is 1. The summed E-state index contributed by atoms with van der Waals surface area (Å²) in [5.41, 5.74) is 2.95. The third-order valence-electron chi connectivity index (χ3n) is 5.15. The Labute approximate surface area is 161 Å². The fourth-order valence-electron chi connectivity index (χ4n) is 3.68. The van der Waals surface area contributed by atoms with Gasteiger partial charge in [-0.1, -0.05) is 38.1 Å². The number of amides is 1. The molecule has 0 saturated carbocycles. The van der Waals surface area contributed by atoms with Gasteiger partial charge in [0.25, 0.3) is 0 Å². The molecule has 1 unspecified atom stereocenters. The average molecular weight is 387 g/mol. The van der Waals surface area contributed by atoms with E-state index in [4.69, 9.17) is 0 Å². The number of sulfonamides is 1. The monoisotopic (exact) mass is 386 g/mol. The number of hydrogen-bond acceptors (Lipinski definition) is 3. The van der Waals surface area contributed by atoms with Crippen molar-refractivity contribution in [3.8, 4) is 0 Å². The second-order valence-corrected chi connectivity index (χ2v) is 8.68. The van der Waals surface area contributed by atoms with E-state index in [2.05, 4.69) is 11.4 Å². The highest BCUT2D eigenvalue weighted by Gasteiger charge is 2.26. The highest BCUT2D eigenvalue weighted by Crippen LogP contribution is 2.32. The van der Waals surface area contributed by atoms with Gasteiger partial charge in [-0.15, -0.1) is 0 Å². The van der Waals surface area contributed by atoms with Crippen LogP contribution in [0.25, 0.3) is 0 Å². The van der Waals surface area contributed by atoms with Crippen molar-refractivity contribution in [2.24, 2.45) is 0 Å². The van der Waals surface area contributed by atoms with E-state index in [0.717, 1.165) is 24.8 Å². The lowest BCUT2D eigenvalue weighted by Gasteiger charge is -2.24. The Bertz CT molecular complexity index is 903. The smallest absolute Gasteiger partial charge is 0.243 e. The molecule has 0 spiro atoms. The van der Waals surface area contributed by atoms with Gasteiger partial charge in [-0.05, 0) is 54.7 Å². The van der Waals surface area contributed by atoms with E-state index < -0.39 is 10.0 Å². The first-order valence-electron chi connectivity index (χ1n) is 9.46. The molecule has 0 bridgehead atoms. The molecule has 0 fully saturated rings. The van der Waals surface area contributed by atoms with Crippen molar-refractivity contribution in [3.63, 3.8) is 0 Å². The summed E-state index contributed by atoms with van der Waals surface area (Å²) in [7, 11) is -3.49. The molecule has 0 aliphatic heterocycles. The molecular weight excluding hydrogens is 360 g/mol. The van der Waals surface area contributed by atoms with Crippen LogP contribution in [0.2, 0.25) is 0 Å². The molecule has 0 radical (unpaired) electrons. The highest BCUT2D eigenvalue weighted by molar-refractivity contribution is 7.89. The summed E-state index contributed by atoms with van der Waals surface area (Å²) >= 11 is 0. The number of benzene rings is 2. The molecule has 1 N–H and O–H groups in total. The lowest BCUT2D eigenvalue weighted by molar-refractivity contribution is -0.117. The number of nitrogens with one attached hydrogen (secondary N) is 1. The summed E-state index contributed by atoms with van der Waals surface area (Å²) < 4.78 is 26.5. The maximum atomic E-state index is 12.8. The SMILES string of the molecule is CCN(CC)S(=O)(=O)c1ccc(NC(=O)C2CCCc3ccccc32)cc1. The van der Waals surface area contributed by atoms with Gasteiger partial charge in [0.05, 0.1) is 10.8 Å². The van der Waals surface area contributed by atoms with Crippen LogP contribution in [0.5, 0.6) is 0 Å². The van der Waals surface area contributed by atoms with Crippen molar-refractivity contribution in [1.82, 2.24) is 4.31 Å². The Morgan fingerprint density at radius 2 is 1.74 bits per heavy atom. The van der Waals surface area contributed by atoms with Gasteiger partial charge < -0.3 is 5.32 Å². The van der Waals surface area contributed by atoms with Gasteiger partial charge in [0, 0.05) is 18.8 Å². The first kappa shape index (κ1) is 19.6. The summed E-state index contributed by atoms with van der Waals surface area (Å²) in [6, 6.07) is 14.5. The van der Waals surface area contributed by atoms with Gasteiger partial charge in [-0.2, -0.15) is 4.31 Å². The molecule has 0 aromatic heterocycles. The zero-order valence-corrected chi connectivity index (χ0v) is 16.6. The van der Waals surface area contributed by atoms with Crippen LogP contribution in [-0.4, -0.2) is 31.7 Å². The Kier molecular flexibility index (Phi) is 5.97. The van der Waals surface area contributed by atoms with Crippen molar-refractivity contribution in [3.05, 3.63) is 59.7 Å². The maximum Gasteiger partial charge on any atom is 0.243 e. The van der Waals surface area contributed by atoms with Crippen LogP contribution >= 0.6 is 0 Å². The van der Waals surface area contributed by atoms with Gasteiger partial charge in [-0.3, -0.25) is 4.79 Å². The van der Waals surface area contributed by atoms with E-state index >= 15 is 0 Å². The summed E-state index contributed by atoms with van der Waals surface area (Å²) in [4.78, 5) is 13.0. The van der Waals surface area contributed by atoms with Crippen molar-refractivity contribution < 1.29 is 13.2 Å². The standard InChI is InChI=1S/C21H26N2O3S/c1-3-23(4-2)27(25,26)18-14-12-17(13-15-18)22-21(24)20-11-7-9-16-8-5-6-10-19(16)20/h5-6,8,10,12-15,20H,3-4,7,9,11H2,1-2H3,(H,22,24). The predicted octanol–water partition coefficient (Wildman–Crippen LogP) is 3.78. The minimum absolute atomic E-state index is 0.0403. The summed E-state index contributed by atoms with van der Waals surface area (Å²) in [6.45, 7) is 4.49. The number of fused-ring (bicyclic) bond motifs is 1. The number of nitrogens with zero attached hydrogens (tertiary/aromatic N) is 1. The molecule has 1 aliphatic carbocycles. The molecule has 2 aromatic rings. The molecule has 6 heteroatoms. The van der Waals surface area contributed by atoms with Crippen LogP contribution in [-0.2, 0) is 21.2 Å². The Hall–Kier alpha value is -2.18. The Morgan fingerprint density at radius 1 is 1.07 bits per heavy atom. The maximum absolute atomic E-state index is 12.8. The quantitative estimate of drug-likeness (QED) is 0.822. The van der Waals surface area contributed by atoms with Crippen molar-refractivity contribution in [2.45, 2.75) is 43.9 Å². The molecule has 27 heavy (non-hydrogen) atoms. The number of aryl methyl sites for hydroxylation is 1. The van der Waals surface area contributed by atoms with Crippen LogP contribution in [0, 0.1) is 0 Å². The van der Waals surface area contributed by atoms with Gasteiger partial charge in [0.1, 0.15) is 0 Å². The van der Waals surface area contributed by atoms with E-state index in [-0.39, 0.29) is 16.7 Å². The van der Waals surface area contributed by atoms with E-state index in [9.17, 15) is 13.2 Å². The number of hydrogen-bond donors (Lipinski definition) is 1. The minimum atomic E-state index is -3.49. The Morgan fingerprint density at radius 3 is 2.41 bits per heavy atom. The number of anilines is 1. The average Bonchev–Trinajstić information content (AvgIpc) is 2.68. The molecule has 2 aromatic carbocycles. The first-order chi connectivity index (χ1) is 13.0. The van der Waals surface area contributed by atoms with Gasteiger partial charge in [0.2, 0.25) is 15.9 Å². The minimum Gasteiger partial charge on any atom is -0.326 e. The van der Waals surface area contributed by atoms with Crippen LogP contribution in [0.3, 0.4) is 0 Å². The molecule has 0 heterocycles. The topological polar surface area (TPSA) is 66.5 Å². The zero-order valence-electron chi connectivity index (χ0n) is 15.8. The third-order valence-corrected chi connectivity index (χ3v) is 7.22. The molecule has 0 saturated heterocycles. The molecule has 144 valence electrons. The Balaban J connectivity index is 1.75. The fourth-order valence-corrected chi connectivity index (χ4v) is 5.14. The van der Waals surface area contributed by atoms with Crippen LogP contribution in [0.1, 0.15) is 43.7 Å². The molecule has 1 amide bonds. The summed E-state index contributed by atoms with van der Waals surface area (Å²) in [6.07, 6.45) is 2.84.